The fourth-order valence-electron chi connectivity index (χ4n) is 2.63. The molecule has 3 rings (SSSR count). The number of imidazole rings is 1. The second-order valence-corrected chi connectivity index (χ2v) is 4.84. The molecule has 1 saturated carbocycles. The lowest BCUT2D eigenvalue weighted by Gasteiger charge is -2.10. The zero-order chi connectivity index (χ0) is 11.1. The van der Waals surface area contributed by atoms with Gasteiger partial charge in [0, 0.05) is 11.1 Å². The van der Waals surface area contributed by atoms with Gasteiger partial charge in [0.1, 0.15) is 0 Å². The summed E-state index contributed by atoms with van der Waals surface area (Å²) in [5.74, 6) is 0. The number of aromatic nitrogens is 2. The fraction of sp³-hybridized carbons (Fsp3) is 0.417. The van der Waals surface area contributed by atoms with Gasteiger partial charge in [-0.25, -0.2) is 4.79 Å². The van der Waals surface area contributed by atoms with Crippen LogP contribution in [0.4, 0.5) is 0 Å². The van der Waals surface area contributed by atoms with Crippen molar-refractivity contribution in [1.29, 1.82) is 0 Å². The van der Waals surface area contributed by atoms with Gasteiger partial charge in [-0.05, 0) is 31.0 Å². The van der Waals surface area contributed by atoms with Crippen LogP contribution >= 0.6 is 11.6 Å². The lowest BCUT2D eigenvalue weighted by molar-refractivity contribution is 0.518. The summed E-state index contributed by atoms with van der Waals surface area (Å²) in [5.41, 5.74) is 1.80. The lowest BCUT2D eigenvalue weighted by Crippen LogP contribution is -2.20. The van der Waals surface area contributed by atoms with Gasteiger partial charge in [-0.2, -0.15) is 0 Å². The predicted octanol–water partition coefficient (Wildman–Crippen LogP) is 3.10. The molecule has 4 heteroatoms. The van der Waals surface area contributed by atoms with Crippen molar-refractivity contribution >= 4 is 22.6 Å². The van der Waals surface area contributed by atoms with Crippen LogP contribution in [-0.4, -0.2) is 9.55 Å². The Labute approximate surface area is 98.0 Å². The van der Waals surface area contributed by atoms with Crippen LogP contribution in [0.25, 0.3) is 11.0 Å². The maximum atomic E-state index is 11.9. The minimum Gasteiger partial charge on any atom is -0.305 e. The van der Waals surface area contributed by atoms with Crippen molar-refractivity contribution in [2.24, 2.45) is 0 Å². The van der Waals surface area contributed by atoms with Crippen molar-refractivity contribution < 1.29 is 0 Å². The van der Waals surface area contributed by atoms with Crippen LogP contribution < -0.4 is 5.69 Å². The van der Waals surface area contributed by atoms with Gasteiger partial charge in [0.2, 0.25) is 0 Å². The highest BCUT2D eigenvalue weighted by Crippen LogP contribution is 2.30. The van der Waals surface area contributed by atoms with Gasteiger partial charge in [0.15, 0.2) is 0 Å². The SMILES string of the molecule is O=c1[nH]c2cc(Cl)ccc2n1C1CCCC1. The molecule has 0 atom stereocenters. The molecule has 1 aromatic carbocycles. The molecule has 1 aliphatic rings. The molecular formula is C12H13ClN2O. The van der Waals surface area contributed by atoms with Gasteiger partial charge in [-0.15, -0.1) is 0 Å². The lowest BCUT2D eigenvalue weighted by atomic mass is 10.2. The van der Waals surface area contributed by atoms with Crippen LogP contribution in [0.3, 0.4) is 0 Å². The molecule has 2 aromatic rings. The maximum absolute atomic E-state index is 11.9. The number of halogens is 1. The molecule has 0 aliphatic heterocycles. The van der Waals surface area contributed by atoms with Crippen LogP contribution in [0.5, 0.6) is 0 Å². The summed E-state index contributed by atoms with van der Waals surface area (Å²) in [7, 11) is 0. The van der Waals surface area contributed by atoms with Crippen molar-refractivity contribution in [3.05, 3.63) is 33.7 Å². The summed E-state index contributed by atoms with van der Waals surface area (Å²) in [6, 6.07) is 5.93. The first-order valence-corrected chi connectivity index (χ1v) is 6.03. The summed E-state index contributed by atoms with van der Waals surface area (Å²) >= 11 is 5.91. The number of H-pyrrole nitrogens is 1. The summed E-state index contributed by atoms with van der Waals surface area (Å²) in [6.45, 7) is 0. The number of nitrogens with one attached hydrogen (secondary N) is 1. The molecular weight excluding hydrogens is 224 g/mol. The standard InChI is InChI=1S/C12H13ClN2O/c13-8-5-6-11-10(7-8)14-12(16)15(11)9-3-1-2-4-9/h5-7,9H,1-4H2,(H,14,16). The Morgan fingerprint density at radius 1 is 1.31 bits per heavy atom. The van der Waals surface area contributed by atoms with Crippen LogP contribution in [0.1, 0.15) is 31.7 Å². The zero-order valence-corrected chi connectivity index (χ0v) is 9.63. The second-order valence-electron chi connectivity index (χ2n) is 4.40. The van der Waals surface area contributed by atoms with E-state index in [0.29, 0.717) is 11.1 Å². The third kappa shape index (κ3) is 1.47. The van der Waals surface area contributed by atoms with Crippen LogP contribution in [0.2, 0.25) is 5.02 Å². The molecule has 1 aromatic heterocycles. The quantitative estimate of drug-likeness (QED) is 0.812. The third-order valence-electron chi connectivity index (χ3n) is 3.37. The Kier molecular flexibility index (Phi) is 2.28. The van der Waals surface area contributed by atoms with Crippen LogP contribution in [0.15, 0.2) is 23.0 Å². The topological polar surface area (TPSA) is 37.8 Å². The summed E-state index contributed by atoms with van der Waals surface area (Å²) < 4.78 is 1.89. The van der Waals surface area contributed by atoms with Crippen molar-refractivity contribution in [1.82, 2.24) is 9.55 Å². The molecule has 0 saturated heterocycles. The smallest absolute Gasteiger partial charge is 0.305 e. The summed E-state index contributed by atoms with van der Waals surface area (Å²) in [6.07, 6.45) is 4.65. The van der Waals surface area contributed by atoms with Gasteiger partial charge >= 0.3 is 5.69 Å². The van der Waals surface area contributed by atoms with Gasteiger partial charge < -0.3 is 4.98 Å². The summed E-state index contributed by atoms with van der Waals surface area (Å²) in [4.78, 5) is 14.8. The molecule has 3 nitrogen and oxygen atoms in total. The van der Waals surface area contributed by atoms with E-state index in [-0.39, 0.29) is 5.69 Å². The first kappa shape index (κ1) is 9.97. The van der Waals surface area contributed by atoms with Gasteiger partial charge in [-0.1, -0.05) is 24.4 Å². The molecule has 0 spiro atoms. The first-order valence-electron chi connectivity index (χ1n) is 5.65. The average molecular weight is 237 g/mol. The van der Waals surface area contributed by atoms with E-state index in [2.05, 4.69) is 4.98 Å². The molecule has 0 amide bonds. The van der Waals surface area contributed by atoms with Crippen molar-refractivity contribution in [3.63, 3.8) is 0 Å². The van der Waals surface area contributed by atoms with Crippen LogP contribution in [-0.2, 0) is 0 Å². The number of hydrogen-bond donors (Lipinski definition) is 1. The third-order valence-corrected chi connectivity index (χ3v) is 3.60. The molecule has 16 heavy (non-hydrogen) atoms. The number of rotatable bonds is 1. The van der Waals surface area contributed by atoms with Gasteiger partial charge in [-0.3, -0.25) is 4.57 Å². The molecule has 0 unspecified atom stereocenters. The Morgan fingerprint density at radius 3 is 2.81 bits per heavy atom. The monoisotopic (exact) mass is 236 g/mol. The van der Waals surface area contributed by atoms with E-state index in [9.17, 15) is 4.79 Å². The van der Waals surface area contributed by atoms with Gasteiger partial charge in [0.25, 0.3) is 0 Å². The highest BCUT2D eigenvalue weighted by Gasteiger charge is 2.20. The first-order chi connectivity index (χ1) is 7.75. The Morgan fingerprint density at radius 2 is 2.06 bits per heavy atom. The molecule has 1 fully saturated rings. The number of benzene rings is 1. The van der Waals surface area contributed by atoms with E-state index < -0.39 is 0 Å². The van der Waals surface area contributed by atoms with E-state index in [1.807, 2.05) is 22.8 Å². The Hall–Kier alpha value is -1.22. The van der Waals surface area contributed by atoms with E-state index in [1.54, 1.807) is 0 Å². The molecule has 1 aliphatic carbocycles. The van der Waals surface area contributed by atoms with E-state index in [4.69, 9.17) is 11.6 Å². The number of fused-ring (bicyclic) bond motifs is 1. The minimum atomic E-state index is -0.0100. The highest BCUT2D eigenvalue weighted by atomic mass is 35.5. The number of aromatic amines is 1. The Bertz CT molecular complexity index is 578. The van der Waals surface area contributed by atoms with E-state index >= 15 is 0 Å². The molecule has 0 radical (unpaired) electrons. The fourth-order valence-corrected chi connectivity index (χ4v) is 2.80. The van der Waals surface area contributed by atoms with Crippen molar-refractivity contribution in [2.45, 2.75) is 31.7 Å². The van der Waals surface area contributed by atoms with E-state index in [1.165, 1.54) is 12.8 Å². The second kappa shape index (κ2) is 3.67. The Balaban J connectivity index is 2.23. The number of nitrogens with zero attached hydrogens (tertiary/aromatic N) is 1. The molecule has 1 N–H and O–H groups in total. The molecule has 84 valence electrons. The largest absolute Gasteiger partial charge is 0.326 e. The van der Waals surface area contributed by atoms with E-state index in [0.717, 1.165) is 23.9 Å². The number of hydrogen-bond acceptors (Lipinski definition) is 1. The van der Waals surface area contributed by atoms with Gasteiger partial charge in [0.05, 0.1) is 11.0 Å². The highest BCUT2D eigenvalue weighted by molar-refractivity contribution is 6.31. The molecule has 1 heterocycles. The predicted molar refractivity (Wildman–Crippen MR) is 65.1 cm³/mol. The molecule has 0 bridgehead atoms. The minimum absolute atomic E-state index is 0.0100. The van der Waals surface area contributed by atoms with Crippen molar-refractivity contribution in [3.8, 4) is 0 Å². The van der Waals surface area contributed by atoms with Crippen molar-refractivity contribution in [2.75, 3.05) is 0 Å². The summed E-state index contributed by atoms with van der Waals surface area (Å²) in [5, 5.41) is 0.660. The average Bonchev–Trinajstić information content (AvgIpc) is 2.83. The van der Waals surface area contributed by atoms with Crippen LogP contribution in [0, 0.1) is 0 Å². The normalized spacial score (nSPS) is 17.3. The zero-order valence-electron chi connectivity index (χ0n) is 8.87. The maximum Gasteiger partial charge on any atom is 0.326 e.